The molecule has 0 atom stereocenters. The van der Waals surface area contributed by atoms with E-state index in [0.717, 1.165) is 16.8 Å². The van der Waals surface area contributed by atoms with Gasteiger partial charge in [-0.1, -0.05) is 23.7 Å². The zero-order valence-corrected chi connectivity index (χ0v) is 12.9. The van der Waals surface area contributed by atoms with Crippen LogP contribution in [0.5, 0.6) is 0 Å². The van der Waals surface area contributed by atoms with Crippen LogP contribution in [-0.4, -0.2) is 27.5 Å². The molecule has 0 aliphatic carbocycles. The SMILES string of the molecule is CCOC(=O)c1cccc(-c2nc3nc(C)c(Cl)cc3[nH]2)c1. The summed E-state index contributed by atoms with van der Waals surface area (Å²) in [6.45, 7) is 3.95. The summed E-state index contributed by atoms with van der Waals surface area (Å²) in [5, 5.41) is 0.586. The Labute approximate surface area is 132 Å². The molecule has 112 valence electrons. The number of carbonyl (C=O) groups is 1. The van der Waals surface area contributed by atoms with Crippen molar-refractivity contribution in [2.75, 3.05) is 6.61 Å². The van der Waals surface area contributed by atoms with Crippen molar-refractivity contribution in [3.63, 3.8) is 0 Å². The molecule has 0 amide bonds. The van der Waals surface area contributed by atoms with Crippen LogP contribution >= 0.6 is 11.6 Å². The molecule has 2 aromatic heterocycles. The third-order valence-electron chi connectivity index (χ3n) is 3.25. The summed E-state index contributed by atoms with van der Waals surface area (Å²) >= 11 is 6.07. The highest BCUT2D eigenvalue weighted by Crippen LogP contribution is 2.24. The third kappa shape index (κ3) is 2.67. The van der Waals surface area contributed by atoms with Crippen molar-refractivity contribution < 1.29 is 9.53 Å². The minimum atomic E-state index is -0.350. The van der Waals surface area contributed by atoms with Gasteiger partial charge < -0.3 is 9.72 Å². The lowest BCUT2D eigenvalue weighted by molar-refractivity contribution is 0.0526. The number of ether oxygens (including phenoxy) is 1. The predicted octanol–water partition coefficient (Wildman–Crippen LogP) is 3.76. The first-order chi connectivity index (χ1) is 10.6. The normalized spacial score (nSPS) is 10.9. The van der Waals surface area contributed by atoms with Crippen molar-refractivity contribution in [3.05, 3.63) is 46.6 Å². The van der Waals surface area contributed by atoms with Gasteiger partial charge in [0.15, 0.2) is 5.65 Å². The highest BCUT2D eigenvalue weighted by molar-refractivity contribution is 6.31. The maximum Gasteiger partial charge on any atom is 0.338 e. The molecule has 0 fully saturated rings. The van der Waals surface area contributed by atoms with Crippen molar-refractivity contribution in [2.45, 2.75) is 13.8 Å². The van der Waals surface area contributed by atoms with Gasteiger partial charge in [0.1, 0.15) is 5.82 Å². The topological polar surface area (TPSA) is 67.9 Å². The number of carbonyl (C=O) groups excluding carboxylic acids is 1. The second-order valence-corrected chi connectivity index (χ2v) is 5.22. The number of aryl methyl sites for hydroxylation is 1. The Morgan fingerprint density at radius 1 is 1.32 bits per heavy atom. The Morgan fingerprint density at radius 3 is 2.91 bits per heavy atom. The number of aromatic amines is 1. The van der Waals surface area contributed by atoms with E-state index in [0.29, 0.717) is 28.7 Å². The van der Waals surface area contributed by atoms with Crippen LogP contribution in [-0.2, 0) is 4.74 Å². The van der Waals surface area contributed by atoms with E-state index in [-0.39, 0.29) is 5.97 Å². The van der Waals surface area contributed by atoms with Gasteiger partial charge in [-0.15, -0.1) is 0 Å². The number of esters is 1. The summed E-state index contributed by atoms with van der Waals surface area (Å²) in [7, 11) is 0. The minimum Gasteiger partial charge on any atom is -0.462 e. The van der Waals surface area contributed by atoms with Crippen molar-refractivity contribution in [2.24, 2.45) is 0 Å². The molecule has 0 bridgehead atoms. The van der Waals surface area contributed by atoms with E-state index in [9.17, 15) is 4.79 Å². The van der Waals surface area contributed by atoms with Crippen molar-refractivity contribution >= 4 is 28.7 Å². The number of hydrogen-bond donors (Lipinski definition) is 1. The van der Waals surface area contributed by atoms with Gasteiger partial charge in [-0.3, -0.25) is 0 Å². The van der Waals surface area contributed by atoms with Gasteiger partial charge in [0.2, 0.25) is 0 Å². The van der Waals surface area contributed by atoms with E-state index in [2.05, 4.69) is 15.0 Å². The van der Waals surface area contributed by atoms with Crippen LogP contribution in [0.1, 0.15) is 23.0 Å². The van der Waals surface area contributed by atoms with Gasteiger partial charge in [0, 0.05) is 5.56 Å². The van der Waals surface area contributed by atoms with Crippen LogP contribution in [0.15, 0.2) is 30.3 Å². The number of nitrogens with one attached hydrogen (secondary N) is 1. The monoisotopic (exact) mass is 315 g/mol. The summed E-state index contributed by atoms with van der Waals surface area (Å²) in [4.78, 5) is 23.8. The average molecular weight is 316 g/mol. The predicted molar refractivity (Wildman–Crippen MR) is 85.0 cm³/mol. The Balaban J connectivity index is 2.04. The van der Waals surface area contributed by atoms with Crippen LogP contribution in [0.4, 0.5) is 0 Å². The molecular weight excluding hydrogens is 302 g/mol. The molecule has 0 saturated heterocycles. The highest BCUT2D eigenvalue weighted by atomic mass is 35.5. The standard InChI is InChI=1S/C16H14ClN3O2/c1-3-22-16(21)11-6-4-5-10(7-11)14-19-13-8-12(17)9(2)18-15(13)20-14/h4-8H,3H2,1-2H3,(H,18,19,20). The Kier molecular flexibility index (Phi) is 3.81. The largest absolute Gasteiger partial charge is 0.462 e. The molecule has 3 rings (SSSR count). The first kappa shape index (κ1) is 14.5. The lowest BCUT2D eigenvalue weighted by Gasteiger charge is -2.03. The number of fused-ring (bicyclic) bond motifs is 1. The number of nitrogens with zero attached hydrogens (tertiary/aromatic N) is 2. The molecule has 0 radical (unpaired) electrons. The van der Waals surface area contributed by atoms with E-state index >= 15 is 0 Å². The molecule has 1 N–H and O–H groups in total. The van der Waals surface area contributed by atoms with Crippen LogP contribution in [0.2, 0.25) is 5.02 Å². The Morgan fingerprint density at radius 2 is 2.14 bits per heavy atom. The molecule has 0 unspecified atom stereocenters. The molecular formula is C16H14ClN3O2. The third-order valence-corrected chi connectivity index (χ3v) is 3.63. The quantitative estimate of drug-likeness (QED) is 0.747. The second kappa shape index (κ2) is 5.77. The summed E-state index contributed by atoms with van der Waals surface area (Å²) in [5.41, 5.74) is 3.36. The number of aromatic nitrogens is 3. The van der Waals surface area contributed by atoms with Crippen LogP contribution in [0.3, 0.4) is 0 Å². The van der Waals surface area contributed by atoms with E-state index < -0.39 is 0 Å². The number of halogens is 1. The lowest BCUT2D eigenvalue weighted by Crippen LogP contribution is -2.04. The summed E-state index contributed by atoms with van der Waals surface area (Å²) in [6, 6.07) is 8.91. The lowest BCUT2D eigenvalue weighted by atomic mass is 10.1. The maximum absolute atomic E-state index is 11.8. The fourth-order valence-corrected chi connectivity index (χ4v) is 2.30. The number of pyridine rings is 1. The van der Waals surface area contributed by atoms with Gasteiger partial charge in [0.25, 0.3) is 0 Å². The Bertz CT molecular complexity index is 819. The molecule has 2 heterocycles. The second-order valence-electron chi connectivity index (χ2n) is 4.81. The van der Waals surface area contributed by atoms with Crippen molar-refractivity contribution in [1.29, 1.82) is 0 Å². The summed E-state index contributed by atoms with van der Waals surface area (Å²) < 4.78 is 5.01. The smallest absolute Gasteiger partial charge is 0.338 e. The molecule has 0 saturated carbocycles. The Hall–Kier alpha value is -2.40. The maximum atomic E-state index is 11.8. The first-order valence-electron chi connectivity index (χ1n) is 6.89. The first-order valence-corrected chi connectivity index (χ1v) is 7.26. The molecule has 3 aromatic rings. The molecule has 6 heteroatoms. The van der Waals surface area contributed by atoms with E-state index in [1.807, 2.05) is 13.0 Å². The molecule has 0 aliphatic heterocycles. The number of benzene rings is 1. The molecule has 0 spiro atoms. The number of imidazole rings is 1. The van der Waals surface area contributed by atoms with Gasteiger partial charge in [-0.2, -0.15) is 0 Å². The summed E-state index contributed by atoms with van der Waals surface area (Å²) in [6.07, 6.45) is 0. The highest BCUT2D eigenvalue weighted by Gasteiger charge is 2.12. The fourth-order valence-electron chi connectivity index (χ4n) is 2.15. The zero-order valence-electron chi connectivity index (χ0n) is 12.2. The number of rotatable bonds is 3. The van der Waals surface area contributed by atoms with Crippen molar-refractivity contribution in [3.8, 4) is 11.4 Å². The van der Waals surface area contributed by atoms with Gasteiger partial charge >= 0.3 is 5.97 Å². The van der Waals surface area contributed by atoms with Gasteiger partial charge in [-0.05, 0) is 32.0 Å². The number of hydrogen-bond acceptors (Lipinski definition) is 4. The zero-order chi connectivity index (χ0) is 15.7. The molecule has 1 aromatic carbocycles. The average Bonchev–Trinajstić information content (AvgIpc) is 2.91. The van der Waals surface area contributed by atoms with Gasteiger partial charge in [0.05, 0.1) is 28.4 Å². The van der Waals surface area contributed by atoms with Crippen LogP contribution in [0.25, 0.3) is 22.6 Å². The molecule has 0 aliphatic rings. The van der Waals surface area contributed by atoms with E-state index in [4.69, 9.17) is 16.3 Å². The fraction of sp³-hybridized carbons (Fsp3) is 0.188. The summed E-state index contributed by atoms with van der Waals surface area (Å²) in [5.74, 6) is 0.285. The minimum absolute atomic E-state index is 0.343. The van der Waals surface area contributed by atoms with Crippen LogP contribution < -0.4 is 0 Å². The molecule has 22 heavy (non-hydrogen) atoms. The van der Waals surface area contributed by atoms with Gasteiger partial charge in [-0.25, -0.2) is 14.8 Å². The molecule has 5 nitrogen and oxygen atoms in total. The number of H-pyrrole nitrogens is 1. The van der Waals surface area contributed by atoms with Crippen LogP contribution in [0, 0.1) is 6.92 Å². The van der Waals surface area contributed by atoms with E-state index in [1.54, 1.807) is 31.2 Å². The van der Waals surface area contributed by atoms with E-state index in [1.165, 1.54) is 0 Å². The van der Waals surface area contributed by atoms with Crippen molar-refractivity contribution in [1.82, 2.24) is 15.0 Å².